The Morgan fingerprint density at radius 3 is 2.57 bits per heavy atom. The van der Waals surface area contributed by atoms with Crippen LogP contribution in [0.3, 0.4) is 0 Å². The number of nitrogens with one attached hydrogen (secondary N) is 1. The van der Waals surface area contributed by atoms with Crippen LogP contribution in [-0.4, -0.2) is 19.7 Å². The Hall–Kier alpha value is -2.21. The number of aryl methyl sites for hydroxylation is 2. The summed E-state index contributed by atoms with van der Waals surface area (Å²) in [5.74, 6) is 0. The highest BCUT2D eigenvalue weighted by Gasteiger charge is 2.25. The molecule has 3 rings (SSSR count). The molecular formula is C17H21N5S. The third-order valence-corrected chi connectivity index (χ3v) is 4.53. The van der Waals surface area contributed by atoms with Crippen molar-refractivity contribution in [3.8, 4) is 5.00 Å². The molecule has 0 atom stereocenters. The van der Waals surface area contributed by atoms with E-state index in [0.29, 0.717) is 0 Å². The van der Waals surface area contributed by atoms with Gasteiger partial charge in [0.15, 0.2) is 5.13 Å². The third kappa shape index (κ3) is 3.27. The maximum Gasteiger partial charge on any atom is 0.189 e. The summed E-state index contributed by atoms with van der Waals surface area (Å²) in [6.45, 7) is 10.7. The van der Waals surface area contributed by atoms with Crippen molar-refractivity contribution in [3.63, 3.8) is 0 Å². The van der Waals surface area contributed by atoms with Gasteiger partial charge in [-0.2, -0.15) is 5.10 Å². The lowest BCUT2D eigenvalue weighted by Gasteiger charge is -2.17. The molecule has 0 aliphatic carbocycles. The summed E-state index contributed by atoms with van der Waals surface area (Å²) < 4.78 is 1.78. The molecule has 23 heavy (non-hydrogen) atoms. The van der Waals surface area contributed by atoms with Gasteiger partial charge in [-0.1, -0.05) is 49.8 Å². The van der Waals surface area contributed by atoms with Gasteiger partial charge in [-0.05, 0) is 25.5 Å². The minimum absolute atomic E-state index is 0.0694. The summed E-state index contributed by atoms with van der Waals surface area (Å²) in [5.41, 5.74) is 4.49. The van der Waals surface area contributed by atoms with Crippen LogP contribution in [0.5, 0.6) is 0 Å². The van der Waals surface area contributed by atoms with Crippen LogP contribution >= 0.6 is 11.3 Å². The third-order valence-electron chi connectivity index (χ3n) is 3.57. The van der Waals surface area contributed by atoms with Crippen LogP contribution < -0.4 is 5.32 Å². The largest absolute Gasteiger partial charge is 0.331 e. The second kappa shape index (κ2) is 5.77. The average Bonchev–Trinajstić information content (AvgIpc) is 3.10. The van der Waals surface area contributed by atoms with Crippen molar-refractivity contribution in [3.05, 3.63) is 47.7 Å². The van der Waals surface area contributed by atoms with Gasteiger partial charge in [0.2, 0.25) is 0 Å². The first-order valence-corrected chi connectivity index (χ1v) is 8.37. The lowest BCUT2D eigenvalue weighted by atomic mass is 9.92. The van der Waals surface area contributed by atoms with Crippen molar-refractivity contribution in [2.24, 2.45) is 0 Å². The van der Waals surface area contributed by atoms with E-state index in [9.17, 15) is 0 Å². The Balaban J connectivity index is 2.01. The van der Waals surface area contributed by atoms with E-state index in [0.717, 1.165) is 21.5 Å². The zero-order chi connectivity index (χ0) is 16.6. The SMILES string of the molecule is Cc1ccc(Nc2nc(C(C)(C)C)c(-n3cncn3)s2)c(C)c1. The molecule has 0 saturated heterocycles. The molecule has 2 aromatic heterocycles. The fourth-order valence-corrected chi connectivity index (χ4v) is 3.51. The molecule has 0 aliphatic heterocycles. The number of nitrogens with zero attached hydrogens (tertiary/aromatic N) is 4. The molecule has 6 heteroatoms. The first kappa shape index (κ1) is 15.7. The quantitative estimate of drug-likeness (QED) is 0.775. The number of anilines is 2. The zero-order valence-corrected chi connectivity index (χ0v) is 14.9. The van der Waals surface area contributed by atoms with Crippen molar-refractivity contribution in [2.75, 3.05) is 5.32 Å². The Kier molecular flexibility index (Phi) is 3.93. The first-order chi connectivity index (χ1) is 10.8. The molecular weight excluding hydrogens is 306 g/mol. The lowest BCUT2D eigenvalue weighted by molar-refractivity contribution is 0.567. The van der Waals surface area contributed by atoms with Gasteiger partial charge < -0.3 is 5.32 Å². The molecule has 0 bridgehead atoms. The minimum Gasteiger partial charge on any atom is -0.331 e. The molecule has 0 unspecified atom stereocenters. The molecule has 0 saturated carbocycles. The number of benzene rings is 1. The van der Waals surface area contributed by atoms with E-state index in [-0.39, 0.29) is 5.41 Å². The van der Waals surface area contributed by atoms with Crippen molar-refractivity contribution < 1.29 is 0 Å². The number of hydrogen-bond donors (Lipinski definition) is 1. The van der Waals surface area contributed by atoms with Crippen molar-refractivity contribution >= 4 is 22.2 Å². The summed E-state index contributed by atoms with van der Waals surface area (Å²) in [5, 5.41) is 9.57. The molecule has 0 spiro atoms. The maximum absolute atomic E-state index is 4.82. The normalized spacial score (nSPS) is 11.7. The summed E-state index contributed by atoms with van der Waals surface area (Å²) in [6.07, 6.45) is 3.26. The molecule has 0 amide bonds. The summed E-state index contributed by atoms with van der Waals surface area (Å²) in [4.78, 5) is 8.86. The van der Waals surface area contributed by atoms with Crippen molar-refractivity contribution in [2.45, 2.75) is 40.0 Å². The molecule has 5 nitrogen and oxygen atoms in total. The van der Waals surface area contributed by atoms with Gasteiger partial charge in [-0.3, -0.25) is 0 Å². The number of hydrogen-bond acceptors (Lipinski definition) is 5. The molecule has 0 fully saturated rings. The average molecular weight is 327 g/mol. The predicted octanol–water partition coefficient (Wildman–Crippen LogP) is 4.38. The molecule has 0 radical (unpaired) electrons. The maximum atomic E-state index is 4.82. The minimum atomic E-state index is -0.0694. The van der Waals surface area contributed by atoms with Gasteiger partial charge in [0.05, 0.1) is 5.69 Å². The highest BCUT2D eigenvalue weighted by molar-refractivity contribution is 7.18. The smallest absolute Gasteiger partial charge is 0.189 e. The van der Waals surface area contributed by atoms with Gasteiger partial charge >= 0.3 is 0 Å². The fraction of sp³-hybridized carbons (Fsp3) is 0.353. The van der Waals surface area contributed by atoms with E-state index in [1.54, 1.807) is 28.7 Å². The summed E-state index contributed by atoms with van der Waals surface area (Å²) in [6, 6.07) is 6.36. The Bertz CT molecular complexity index is 812. The Morgan fingerprint density at radius 2 is 1.96 bits per heavy atom. The fourth-order valence-electron chi connectivity index (χ4n) is 2.39. The predicted molar refractivity (Wildman–Crippen MR) is 94.9 cm³/mol. The van der Waals surface area contributed by atoms with Crippen LogP contribution in [0.25, 0.3) is 5.00 Å². The van der Waals surface area contributed by atoms with Gasteiger partial charge in [0.1, 0.15) is 17.7 Å². The summed E-state index contributed by atoms with van der Waals surface area (Å²) in [7, 11) is 0. The van der Waals surface area contributed by atoms with Crippen LogP contribution in [0.1, 0.15) is 37.6 Å². The zero-order valence-electron chi connectivity index (χ0n) is 14.1. The van der Waals surface area contributed by atoms with Gasteiger partial charge in [0.25, 0.3) is 0 Å². The topological polar surface area (TPSA) is 55.6 Å². The Labute approximate surface area is 140 Å². The highest BCUT2D eigenvalue weighted by atomic mass is 32.1. The van der Waals surface area contributed by atoms with E-state index in [2.05, 4.69) is 68.2 Å². The number of rotatable bonds is 3. The van der Waals surface area contributed by atoms with Crippen molar-refractivity contribution in [1.29, 1.82) is 0 Å². The van der Waals surface area contributed by atoms with Crippen LogP contribution in [0.4, 0.5) is 10.8 Å². The standard InChI is InChI=1S/C17H21N5S/c1-11-6-7-13(12(2)8-11)20-16-21-14(17(3,4)5)15(23-16)22-10-18-9-19-22/h6-10H,1-5H3,(H,20,21). The second-order valence-electron chi connectivity index (χ2n) is 6.71. The van der Waals surface area contributed by atoms with Crippen LogP contribution in [0, 0.1) is 13.8 Å². The second-order valence-corrected chi connectivity index (χ2v) is 7.68. The van der Waals surface area contributed by atoms with E-state index < -0.39 is 0 Å². The Morgan fingerprint density at radius 1 is 1.17 bits per heavy atom. The number of aromatic nitrogens is 4. The van der Waals surface area contributed by atoms with Crippen LogP contribution in [0.2, 0.25) is 0 Å². The van der Waals surface area contributed by atoms with Crippen LogP contribution in [0.15, 0.2) is 30.9 Å². The van der Waals surface area contributed by atoms with Crippen LogP contribution in [-0.2, 0) is 5.41 Å². The number of thiazole rings is 1. The monoisotopic (exact) mass is 327 g/mol. The molecule has 0 aliphatic rings. The first-order valence-electron chi connectivity index (χ1n) is 7.55. The molecule has 1 aromatic carbocycles. The van der Waals surface area contributed by atoms with Crippen molar-refractivity contribution in [1.82, 2.24) is 19.7 Å². The highest BCUT2D eigenvalue weighted by Crippen LogP contribution is 2.36. The summed E-state index contributed by atoms with van der Waals surface area (Å²) >= 11 is 1.59. The molecule has 2 heterocycles. The van der Waals surface area contributed by atoms with E-state index in [1.807, 2.05) is 0 Å². The lowest BCUT2D eigenvalue weighted by Crippen LogP contribution is -2.15. The van der Waals surface area contributed by atoms with Gasteiger partial charge in [0, 0.05) is 11.1 Å². The van der Waals surface area contributed by atoms with E-state index in [4.69, 9.17) is 4.98 Å². The molecule has 1 N–H and O–H groups in total. The van der Waals surface area contributed by atoms with Gasteiger partial charge in [-0.25, -0.2) is 14.6 Å². The van der Waals surface area contributed by atoms with E-state index >= 15 is 0 Å². The molecule has 3 aromatic rings. The molecule has 120 valence electrons. The van der Waals surface area contributed by atoms with E-state index in [1.165, 1.54) is 11.1 Å². The van der Waals surface area contributed by atoms with Gasteiger partial charge in [-0.15, -0.1) is 0 Å².